The van der Waals surface area contributed by atoms with E-state index in [2.05, 4.69) is 161 Å². The Morgan fingerprint density at radius 2 is 1.06 bits per heavy atom. The molecule has 16 aromatic heterocycles. The van der Waals surface area contributed by atoms with Crippen LogP contribution in [0.25, 0.3) is 71.6 Å². The number of pyridine rings is 11. The van der Waals surface area contributed by atoms with Crippen molar-refractivity contribution < 1.29 is 4.42 Å². The van der Waals surface area contributed by atoms with Gasteiger partial charge in [-0.25, -0.2) is 59.8 Å². The molecule has 6 aliphatic carbocycles. The second kappa shape index (κ2) is 38.9. The van der Waals surface area contributed by atoms with Crippen LogP contribution in [0, 0.1) is 33.6 Å². The molecule has 4 unspecified atom stereocenters. The summed E-state index contributed by atoms with van der Waals surface area (Å²) in [6.45, 7) is 20.9. The third-order valence-electron chi connectivity index (χ3n) is 21.7. The van der Waals surface area contributed by atoms with Gasteiger partial charge in [-0.3, -0.25) is 0 Å². The van der Waals surface area contributed by atoms with Crippen LogP contribution in [-0.4, -0.2) is 74.3 Å². The van der Waals surface area contributed by atoms with Crippen LogP contribution in [0.15, 0.2) is 187 Å². The maximum atomic E-state index is 5.75. The van der Waals surface area contributed by atoms with E-state index in [0.717, 1.165) is 126 Å². The minimum Gasteiger partial charge on any atom is -0.457 e. The smallest absolute Gasteiger partial charge is 0.176 e. The molecule has 16 heterocycles. The topological polar surface area (TPSA) is 491 Å². The second-order valence-corrected chi connectivity index (χ2v) is 32.1. The van der Waals surface area contributed by atoms with Crippen molar-refractivity contribution in [3.63, 3.8) is 0 Å². The van der Waals surface area contributed by atoms with Crippen LogP contribution in [0.2, 0.25) is 0 Å². The molecule has 121 heavy (non-hydrogen) atoms. The number of nitrogen functional groups attached to an aromatic ring is 11. The number of nitrogens with two attached hydrogens (primary N) is 11. The van der Waals surface area contributed by atoms with Gasteiger partial charge in [-0.05, 0) is 257 Å². The van der Waals surface area contributed by atoms with Gasteiger partial charge in [-0.15, -0.1) is 11.3 Å². The number of hydrogen-bond donors (Lipinski definition) is 13. The number of imidazole rings is 1. The summed E-state index contributed by atoms with van der Waals surface area (Å²) in [6, 6.07) is 30.0. The molecule has 0 amide bonds. The first-order chi connectivity index (χ1) is 58.1. The lowest BCUT2D eigenvalue weighted by atomic mass is 10.0. The molecule has 0 saturated heterocycles. The van der Waals surface area contributed by atoms with Crippen molar-refractivity contribution in [1.29, 1.82) is 0 Å². The van der Waals surface area contributed by atoms with Gasteiger partial charge in [0.05, 0.1) is 21.3 Å². The van der Waals surface area contributed by atoms with Crippen LogP contribution in [-0.2, 0) is 45.6 Å². The molecule has 0 bridgehead atoms. The van der Waals surface area contributed by atoms with E-state index in [9.17, 15) is 0 Å². The Balaban J connectivity index is 0.000000122. The quantitative estimate of drug-likeness (QED) is 0.0670. The number of H-pyrrole nitrogens is 2. The highest BCUT2D eigenvalue weighted by molar-refractivity contribution is 7.19. The Morgan fingerprint density at radius 1 is 0.479 bits per heavy atom. The zero-order chi connectivity index (χ0) is 86.3. The molecule has 0 saturated carbocycles. The predicted octanol–water partition coefficient (Wildman–Crippen LogP) is 17.2. The maximum Gasteiger partial charge on any atom is 0.176 e. The summed E-state index contributed by atoms with van der Waals surface area (Å²) in [5.74, 6) is 11.1. The Labute approximate surface area is 708 Å². The zero-order valence-electron chi connectivity index (χ0n) is 70.3. The van der Waals surface area contributed by atoms with Crippen molar-refractivity contribution in [1.82, 2.24) is 74.3 Å². The Morgan fingerprint density at radius 3 is 1.72 bits per heavy atom. The van der Waals surface area contributed by atoms with Gasteiger partial charge >= 0.3 is 0 Å². The normalized spacial score (nSPS) is 15.2. The number of aromatic nitrogens is 15. The summed E-state index contributed by atoms with van der Waals surface area (Å²) in [6.07, 6.45) is 38.7. The van der Waals surface area contributed by atoms with E-state index in [-0.39, 0.29) is 0 Å². The van der Waals surface area contributed by atoms with Crippen molar-refractivity contribution in [3.8, 4) is 0 Å². The number of rotatable bonds is 0. The number of thiophene rings is 1. The molecular formula is C93H108N26OS. The van der Waals surface area contributed by atoms with Crippen LogP contribution in [0.4, 0.5) is 64.0 Å². The van der Waals surface area contributed by atoms with Gasteiger partial charge in [0.1, 0.15) is 69.5 Å². The molecule has 24 N–H and O–H groups in total. The predicted molar refractivity (Wildman–Crippen MR) is 499 cm³/mol. The molecule has 0 fully saturated rings. The first-order valence-electron chi connectivity index (χ1n) is 40.1. The van der Waals surface area contributed by atoms with Gasteiger partial charge in [0, 0.05) is 136 Å². The van der Waals surface area contributed by atoms with Crippen molar-refractivity contribution in [3.05, 3.63) is 272 Å². The summed E-state index contributed by atoms with van der Waals surface area (Å²) < 4.78 is 8.43. The molecule has 0 spiro atoms. The van der Waals surface area contributed by atoms with Gasteiger partial charge in [-0.1, -0.05) is 57.6 Å². The number of hydrogen-bond acceptors (Lipinski definition) is 25. The Hall–Kier alpha value is -14.3. The molecule has 16 aromatic rings. The zero-order valence-corrected chi connectivity index (χ0v) is 71.2. The van der Waals surface area contributed by atoms with Gasteiger partial charge in [0.15, 0.2) is 17.2 Å². The molecule has 22 rings (SSSR count). The first-order valence-corrected chi connectivity index (χ1v) is 40.9. The molecule has 28 heteroatoms. The van der Waals surface area contributed by atoms with E-state index in [0.29, 0.717) is 69.9 Å². The molecular weight excluding hydrogens is 1530 g/mol. The minimum atomic E-state index is 0.454. The Kier molecular flexibility index (Phi) is 27.6. The van der Waals surface area contributed by atoms with Crippen LogP contribution < -0.4 is 63.1 Å². The third-order valence-corrected chi connectivity index (χ3v) is 22.8. The summed E-state index contributed by atoms with van der Waals surface area (Å²) in [4.78, 5) is 55.7. The number of fused-ring (bicyclic) bond motifs is 11. The lowest BCUT2D eigenvalue weighted by molar-refractivity contribution is 0.578. The van der Waals surface area contributed by atoms with Crippen LogP contribution in [0.3, 0.4) is 0 Å². The fraction of sp³-hybridized carbons (Fsp3) is 0.247. The van der Waals surface area contributed by atoms with Gasteiger partial charge in [0.2, 0.25) is 0 Å². The first kappa shape index (κ1) is 86.1. The van der Waals surface area contributed by atoms with Crippen molar-refractivity contribution in [2.45, 2.75) is 138 Å². The largest absolute Gasteiger partial charge is 0.457 e. The molecule has 0 aromatic carbocycles. The maximum absolute atomic E-state index is 5.75. The SMILES string of the molecule is CC1=CCc2ccnc(N)c21.CC1=Cc2c(ccnc2N)C1.CC1C=Cc2c1ccnc2N.CC1CCc2c1ccnc2N.CC1CCc2ccnc(N)c21.CC1Cc2ccnc(N)c2C1.Cc1cc2ccnc(N)c2[nH]1.Cc1cc2ccnc(N)c2o1.Cc1cc2ccnc(N)c2s1.Cc1nc2c(N)nccc2[nH]1.Cn1ccc2c(N)nccc21. The number of nitrogens with zero attached hydrogens (tertiary/aromatic N) is 13. The molecule has 27 nitrogen and oxygen atoms in total. The van der Waals surface area contributed by atoms with E-state index in [4.69, 9.17) is 67.5 Å². The van der Waals surface area contributed by atoms with E-state index >= 15 is 0 Å². The lowest BCUT2D eigenvalue weighted by Crippen LogP contribution is -1.98. The van der Waals surface area contributed by atoms with Gasteiger partial charge in [0.25, 0.3) is 0 Å². The summed E-state index contributed by atoms with van der Waals surface area (Å²) in [7, 11) is 1.99. The molecule has 0 radical (unpaired) electrons. The van der Waals surface area contributed by atoms with E-state index in [1.165, 1.54) is 97.2 Å². The lowest BCUT2D eigenvalue weighted by Gasteiger charge is -2.05. The van der Waals surface area contributed by atoms with Crippen molar-refractivity contribution in [2.24, 2.45) is 13.0 Å². The highest BCUT2D eigenvalue weighted by atomic mass is 32.1. The van der Waals surface area contributed by atoms with Gasteiger partial charge < -0.3 is 82.0 Å². The third kappa shape index (κ3) is 21.0. The average molecular weight is 1640 g/mol. The molecule has 622 valence electrons. The van der Waals surface area contributed by atoms with Crippen molar-refractivity contribution >= 4 is 147 Å². The number of aromatic amines is 2. The van der Waals surface area contributed by atoms with E-state index < -0.39 is 0 Å². The molecule has 6 aliphatic rings. The number of aryl methyl sites for hydroxylation is 6. The number of allylic oxidation sites excluding steroid dienone is 4. The number of anilines is 11. The highest BCUT2D eigenvalue weighted by Gasteiger charge is 2.24. The molecule has 0 aliphatic heterocycles. The standard InChI is InChI=1S/C9H12N2.C9H10N2.C9H12N2.C9H10N2.C9H12N2.C9H10N2.2C8H9N3.C8H8N2O.C8H8N2S.C7H8N4/c2*1-6-4-7-2-3-11-9(10)8(7)5-6;2*1-6-2-3-8-7(6)4-5-11-9(8)10;2*1-6-2-3-7-4-5-11-9(10)8(6)7;1-11-5-3-6-7(11)2-4-10-8(6)9;3*1-5-4-6-2-3-10-8(9)7(6)11-5;1-4-10-5-2-3-9-7(8)6(5)11-4/h2-3,6H,4-5H2,1H3,(H2,10,11);2-3,5H,4H2,1H3,(H2,10,11);4-6H,2-3H2,1H3,(H2,10,11);2-6H,1H3,(H2,10,11);4-6H,2-3H2,1H3,(H2,10,11);2,4-5H,3H2,1H3,(H2,10,11);2-5H,1H3,(H2,9,10);2-4,11H,1H3,(H2,9,10);2*2-4H,1H3,(H2,9,10);2-3H,1H3,(H2,8,9)(H,10,11). The minimum absolute atomic E-state index is 0.454. The van der Waals surface area contributed by atoms with Crippen LogP contribution in [0.1, 0.15) is 161 Å². The summed E-state index contributed by atoms with van der Waals surface area (Å²) >= 11 is 1.69. The number of furan rings is 1. The van der Waals surface area contributed by atoms with Crippen LogP contribution in [0.5, 0.6) is 0 Å². The fourth-order valence-electron chi connectivity index (χ4n) is 15.5. The van der Waals surface area contributed by atoms with E-state index in [1.807, 2.05) is 111 Å². The van der Waals surface area contributed by atoms with Gasteiger partial charge in [-0.2, -0.15) is 0 Å². The van der Waals surface area contributed by atoms with E-state index in [1.54, 1.807) is 79.5 Å². The summed E-state index contributed by atoms with van der Waals surface area (Å²) in [5.41, 5.74) is 85.8. The molecule has 4 atom stereocenters. The number of nitrogens with one attached hydrogen (secondary N) is 2. The monoisotopic (exact) mass is 1640 g/mol. The fourth-order valence-corrected chi connectivity index (χ4v) is 16.4. The second-order valence-electron chi connectivity index (χ2n) is 30.9. The van der Waals surface area contributed by atoms with Crippen LogP contribution >= 0.6 is 11.3 Å². The van der Waals surface area contributed by atoms with Crippen molar-refractivity contribution in [2.75, 3.05) is 63.1 Å². The summed E-state index contributed by atoms with van der Waals surface area (Å²) in [5, 5.41) is 4.35. The average Bonchev–Trinajstić information content (AvgIpc) is 1.68. The Bertz CT molecular complexity index is 6070. The highest BCUT2D eigenvalue weighted by Crippen LogP contribution is 2.38.